The van der Waals surface area contributed by atoms with Gasteiger partial charge in [-0.15, -0.1) is 0 Å². The van der Waals surface area contributed by atoms with Gasteiger partial charge in [-0.2, -0.15) is 0 Å². The average molecular weight is 278 g/mol. The van der Waals surface area contributed by atoms with Gasteiger partial charge in [0.1, 0.15) is 0 Å². The van der Waals surface area contributed by atoms with Gasteiger partial charge in [0.15, 0.2) is 5.78 Å². The molecule has 2 rings (SSSR count). The normalized spacial score (nSPS) is 22.2. The topological polar surface area (TPSA) is 20.3 Å². The summed E-state index contributed by atoms with van der Waals surface area (Å²) in [6.45, 7) is 0.844. The number of carbonyl (C=O) groups is 1. The molecule has 0 heterocycles. The molecule has 1 aromatic rings. The maximum Gasteiger partial charge on any atom is 0.163 e. The molecule has 102 valence electrons. The fourth-order valence-corrected chi connectivity index (χ4v) is 2.70. The van der Waals surface area contributed by atoms with Crippen molar-refractivity contribution in [2.75, 3.05) is 20.6 Å². The Morgan fingerprint density at radius 3 is 2.63 bits per heavy atom. The van der Waals surface area contributed by atoms with Crippen LogP contribution in [0.3, 0.4) is 0 Å². The molecule has 19 heavy (non-hydrogen) atoms. The van der Waals surface area contributed by atoms with Crippen molar-refractivity contribution in [2.45, 2.75) is 19.3 Å². The van der Waals surface area contributed by atoms with Gasteiger partial charge < -0.3 is 4.90 Å². The minimum atomic E-state index is 0.155. The summed E-state index contributed by atoms with van der Waals surface area (Å²) in [5, 5.41) is 0.725. The number of Topliss-reactive ketones (excluding diaryl/α,β-unsaturated/α-hetero) is 1. The van der Waals surface area contributed by atoms with E-state index in [2.05, 4.69) is 4.90 Å². The highest BCUT2D eigenvalue weighted by atomic mass is 35.5. The first kappa shape index (κ1) is 14.3. The van der Waals surface area contributed by atoms with Crippen molar-refractivity contribution in [1.29, 1.82) is 0 Å². The molecule has 0 N–H and O–H groups in total. The number of hydrogen-bond donors (Lipinski definition) is 0. The second kappa shape index (κ2) is 6.36. The summed E-state index contributed by atoms with van der Waals surface area (Å²) in [7, 11) is 4.04. The Balaban J connectivity index is 2.14. The van der Waals surface area contributed by atoms with Gasteiger partial charge >= 0.3 is 0 Å². The molecular weight excluding hydrogens is 258 g/mol. The number of carbonyl (C=O) groups excluding carboxylic acids is 1. The molecule has 0 aliphatic heterocycles. The number of allylic oxidation sites excluding steroid dienone is 1. The van der Waals surface area contributed by atoms with Gasteiger partial charge in [-0.25, -0.2) is 0 Å². The van der Waals surface area contributed by atoms with Crippen LogP contribution in [-0.2, 0) is 4.79 Å². The predicted molar refractivity (Wildman–Crippen MR) is 80.3 cm³/mol. The van der Waals surface area contributed by atoms with Crippen LogP contribution in [0.4, 0.5) is 0 Å². The highest BCUT2D eigenvalue weighted by Gasteiger charge is 2.26. The zero-order valence-electron chi connectivity index (χ0n) is 11.5. The zero-order chi connectivity index (χ0) is 13.8. The zero-order valence-corrected chi connectivity index (χ0v) is 12.3. The Kier molecular flexibility index (Phi) is 4.78. The Bertz CT molecular complexity index is 476. The van der Waals surface area contributed by atoms with E-state index >= 15 is 0 Å². The fourth-order valence-electron chi connectivity index (χ4n) is 2.57. The third-order valence-electron chi connectivity index (χ3n) is 3.48. The van der Waals surface area contributed by atoms with Gasteiger partial charge in [0.05, 0.1) is 0 Å². The van der Waals surface area contributed by atoms with Crippen LogP contribution in [0.5, 0.6) is 0 Å². The van der Waals surface area contributed by atoms with E-state index < -0.39 is 0 Å². The summed E-state index contributed by atoms with van der Waals surface area (Å²) in [5.41, 5.74) is 2.01. The van der Waals surface area contributed by atoms with Crippen LogP contribution in [0, 0.1) is 5.92 Å². The van der Waals surface area contributed by atoms with Crippen molar-refractivity contribution >= 4 is 23.5 Å². The van der Waals surface area contributed by atoms with Gasteiger partial charge in [-0.1, -0.05) is 23.7 Å². The molecule has 1 aliphatic carbocycles. The molecule has 1 atom stereocenters. The lowest BCUT2D eigenvalue weighted by molar-refractivity contribution is -0.120. The highest BCUT2D eigenvalue weighted by Crippen LogP contribution is 2.27. The van der Waals surface area contributed by atoms with E-state index in [0.717, 1.165) is 42.0 Å². The third kappa shape index (κ3) is 3.92. The number of halogens is 1. The maximum absolute atomic E-state index is 12.4. The largest absolute Gasteiger partial charge is 0.309 e. The smallest absolute Gasteiger partial charge is 0.163 e. The lowest BCUT2D eigenvalue weighted by atomic mass is 9.83. The Morgan fingerprint density at radius 1 is 1.32 bits per heavy atom. The van der Waals surface area contributed by atoms with E-state index in [0.29, 0.717) is 5.78 Å². The van der Waals surface area contributed by atoms with Gasteiger partial charge in [-0.05, 0) is 62.7 Å². The molecule has 1 saturated carbocycles. The van der Waals surface area contributed by atoms with E-state index in [1.165, 1.54) is 0 Å². The molecule has 1 fully saturated rings. The molecule has 0 bridgehead atoms. The first-order chi connectivity index (χ1) is 9.06. The number of hydrogen-bond acceptors (Lipinski definition) is 2. The van der Waals surface area contributed by atoms with E-state index in [1.807, 2.05) is 44.4 Å². The van der Waals surface area contributed by atoms with Crippen molar-refractivity contribution in [3.05, 3.63) is 40.4 Å². The summed E-state index contributed by atoms with van der Waals surface area (Å²) in [6.07, 6.45) is 5.02. The number of rotatable bonds is 3. The van der Waals surface area contributed by atoms with E-state index in [-0.39, 0.29) is 5.92 Å². The van der Waals surface area contributed by atoms with Crippen LogP contribution >= 0.6 is 11.6 Å². The minimum Gasteiger partial charge on any atom is -0.309 e. The van der Waals surface area contributed by atoms with Crippen LogP contribution < -0.4 is 0 Å². The van der Waals surface area contributed by atoms with Gasteiger partial charge in [0.25, 0.3) is 0 Å². The molecule has 0 saturated heterocycles. The summed E-state index contributed by atoms with van der Waals surface area (Å²) in [4.78, 5) is 14.5. The predicted octanol–water partition coefficient (Wildman–Crippen LogP) is 3.65. The third-order valence-corrected chi connectivity index (χ3v) is 3.73. The molecule has 0 amide bonds. The molecule has 1 aliphatic rings. The van der Waals surface area contributed by atoms with Crippen molar-refractivity contribution in [1.82, 2.24) is 4.90 Å². The Morgan fingerprint density at radius 2 is 2.00 bits per heavy atom. The minimum absolute atomic E-state index is 0.155. The second-order valence-corrected chi connectivity index (χ2v) is 5.87. The standard InChI is InChI=1S/C16H20ClNO/c1-18(2)11-14-5-3-4-13(16(14)19)10-12-6-8-15(17)9-7-12/h6-10,14H,3-5,11H2,1-2H3/b13-10+/t14-/m0/s1. The first-order valence-corrected chi connectivity index (χ1v) is 7.09. The molecule has 3 heteroatoms. The summed E-state index contributed by atoms with van der Waals surface area (Å²) in [6, 6.07) is 7.63. The molecule has 0 unspecified atom stereocenters. The molecule has 0 aromatic heterocycles. The van der Waals surface area contributed by atoms with Gasteiger partial charge in [-0.3, -0.25) is 4.79 Å². The quantitative estimate of drug-likeness (QED) is 0.786. The van der Waals surface area contributed by atoms with Crippen molar-refractivity contribution in [3.8, 4) is 0 Å². The Hall–Kier alpha value is -1.12. The fraction of sp³-hybridized carbons (Fsp3) is 0.438. The van der Waals surface area contributed by atoms with Crippen LogP contribution in [-0.4, -0.2) is 31.3 Å². The average Bonchev–Trinajstić information content (AvgIpc) is 2.36. The van der Waals surface area contributed by atoms with Crippen molar-refractivity contribution in [3.63, 3.8) is 0 Å². The molecule has 2 nitrogen and oxygen atoms in total. The SMILES string of the molecule is CN(C)C[C@@H]1CCC/C(=C\c2ccc(Cl)cc2)C1=O. The van der Waals surface area contributed by atoms with Crippen LogP contribution in [0.1, 0.15) is 24.8 Å². The van der Waals surface area contributed by atoms with Crippen LogP contribution in [0.2, 0.25) is 5.02 Å². The van der Waals surface area contributed by atoms with Gasteiger partial charge in [0.2, 0.25) is 0 Å². The van der Waals surface area contributed by atoms with Crippen LogP contribution in [0.15, 0.2) is 29.8 Å². The first-order valence-electron chi connectivity index (χ1n) is 6.71. The summed E-state index contributed by atoms with van der Waals surface area (Å²) >= 11 is 5.87. The number of benzene rings is 1. The van der Waals surface area contributed by atoms with E-state index in [4.69, 9.17) is 11.6 Å². The van der Waals surface area contributed by atoms with Crippen LogP contribution in [0.25, 0.3) is 6.08 Å². The molecule has 0 radical (unpaired) electrons. The summed E-state index contributed by atoms with van der Waals surface area (Å²) in [5.74, 6) is 0.470. The van der Waals surface area contributed by atoms with E-state index in [1.54, 1.807) is 0 Å². The summed E-state index contributed by atoms with van der Waals surface area (Å²) < 4.78 is 0. The second-order valence-electron chi connectivity index (χ2n) is 5.44. The highest BCUT2D eigenvalue weighted by molar-refractivity contribution is 6.30. The lowest BCUT2D eigenvalue weighted by Gasteiger charge is -2.25. The lowest BCUT2D eigenvalue weighted by Crippen LogP contribution is -2.31. The van der Waals surface area contributed by atoms with Crippen molar-refractivity contribution in [2.24, 2.45) is 5.92 Å². The molecular formula is C16H20ClNO. The maximum atomic E-state index is 12.4. The van der Waals surface area contributed by atoms with Gasteiger partial charge in [0, 0.05) is 17.5 Å². The number of nitrogens with zero attached hydrogens (tertiary/aromatic N) is 1. The molecule has 0 spiro atoms. The number of ketones is 1. The Labute approximate surface area is 120 Å². The monoisotopic (exact) mass is 277 g/mol. The molecule has 1 aromatic carbocycles. The van der Waals surface area contributed by atoms with E-state index in [9.17, 15) is 4.79 Å². The van der Waals surface area contributed by atoms with Crippen molar-refractivity contribution < 1.29 is 4.79 Å².